The number of carboxylic acid groups (broad SMARTS) is 1. The van der Waals surface area contributed by atoms with Gasteiger partial charge < -0.3 is 10.8 Å². The second kappa shape index (κ2) is 4.10. The summed E-state index contributed by atoms with van der Waals surface area (Å²) < 4.78 is 1.51. The highest BCUT2D eigenvalue weighted by Crippen LogP contribution is 2.22. The molecular formula is C11H10ClN3O2. The minimum absolute atomic E-state index is 0.00368. The fourth-order valence-corrected chi connectivity index (χ4v) is 1.62. The van der Waals surface area contributed by atoms with Crippen LogP contribution in [0.1, 0.15) is 16.2 Å². The second-order valence-electron chi connectivity index (χ2n) is 3.59. The predicted molar refractivity (Wildman–Crippen MR) is 64.7 cm³/mol. The standard InChI is InChI=1S/C11H10ClN3O2/c1-6-4-10(11(16)17)14-15(6)7-2-3-8(12)9(13)5-7/h2-5H,13H2,1H3,(H,16,17). The van der Waals surface area contributed by atoms with Gasteiger partial charge in [-0.1, -0.05) is 11.6 Å². The molecule has 17 heavy (non-hydrogen) atoms. The molecule has 0 unspecified atom stereocenters. The number of aromatic carboxylic acids is 1. The summed E-state index contributed by atoms with van der Waals surface area (Å²) in [6.07, 6.45) is 0. The Balaban J connectivity index is 2.52. The zero-order chi connectivity index (χ0) is 12.6. The molecule has 0 fully saturated rings. The molecule has 0 spiro atoms. The van der Waals surface area contributed by atoms with E-state index in [4.69, 9.17) is 22.4 Å². The molecule has 0 saturated heterocycles. The highest BCUT2D eigenvalue weighted by molar-refractivity contribution is 6.33. The fourth-order valence-electron chi connectivity index (χ4n) is 1.50. The van der Waals surface area contributed by atoms with Crippen LogP contribution in [0.5, 0.6) is 0 Å². The van der Waals surface area contributed by atoms with Crippen LogP contribution >= 0.6 is 11.6 Å². The molecule has 0 amide bonds. The topological polar surface area (TPSA) is 81.1 Å². The second-order valence-corrected chi connectivity index (χ2v) is 4.00. The van der Waals surface area contributed by atoms with Crippen LogP contribution in [-0.2, 0) is 0 Å². The average Bonchev–Trinajstić information content (AvgIpc) is 2.65. The number of aromatic nitrogens is 2. The Morgan fingerprint density at radius 3 is 2.71 bits per heavy atom. The molecule has 6 heteroatoms. The van der Waals surface area contributed by atoms with Gasteiger partial charge in [-0.2, -0.15) is 5.10 Å². The zero-order valence-corrected chi connectivity index (χ0v) is 9.77. The number of aryl methyl sites for hydroxylation is 1. The van der Waals surface area contributed by atoms with Crippen molar-refractivity contribution in [3.8, 4) is 5.69 Å². The summed E-state index contributed by atoms with van der Waals surface area (Å²) in [7, 11) is 0. The maximum atomic E-state index is 10.8. The Hall–Kier alpha value is -2.01. The van der Waals surface area contributed by atoms with Crippen LogP contribution in [0.15, 0.2) is 24.3 Å². The number of anilines is 1. The molecule has 0 radical (unpaired) electrons. The average molecular weight is 252 g/mol. The van der Waals surface area contributed by atoms with Gasteiger partial charge in [-0.05, 0) is 31.2 Å². The Bertz CT molecular complexity index is 592. The number of hydrogen-bond donors (Lipinski definition) is 2. The maximum Gasteiger partial charge on any atom is 0.356 e. The van der Waals surface area contributed by atoms with Crippen molar-refractivity contribution >= 4 is 23.3 Å². The van der Waals surface area contributed by atoms with E-state index in [9.17, 15) is 4.79 Å². The number of nitrogens with two attached hydrogens (primary N) is 1. The molecule has 1 aromatic heterocycles. The Morgan fingerprint density at radius 2 is 2.18 bits per heavy atom. The molecular weight excluding hydrogens is 242 g/mol. The number of nitrogen functional groups attached to an aromatic ring is 1. The number of benzene rings is 1. The van der Waals surface area contributed by atoms with Crippen LogP contribution in [0.25, 0.3) is 5.69 Å². The predicted octanol–water partition coefficient (Wildman–Crippen LogP) is 2.11. The van der Waals surface area contributed by atoms with E-state index in [0.717, 1.165) is 0 Å². The molecule has 0 atom stereocenters. The Morgan fingerprint density at radius 1 is 1.47 bits per heavy atom. The quantitative estimate of drug-likeness (QED) is 0.801. The minimum Gasteiger partial charge on any atom is -0.476 e. The number of nitrogens with zero attached hydrogens (tertiary/aromatic N) is 2. The molecule has 5 nitrogen and oxygen atoms in total. The molecule has 88 valence electrons. The number of hydrogen-bond acceptors (Lipinski definition) is 3. The van der Waals surface area contributed by atoms with Crippen molar-refractivity contribution in [2.45, 2.75) is 6.92 Å². The minimum atomic E-state index is -1.06. The summed E-state index contributed by atoms with van der Waals surface area (Å²) in [5.41, 5.74) is 7.50. The third-order valence-corrected chi connectivity index (χ3v) is 2.67. The van der Waals surface area contributed by atoms with Crippen molar-refractivity contribution in [3.63, 3.8) is 0 Å². The summed E-state index contributed by atoms with van der Waals surface area (Å²) in [6.45, 7) is 1.77. The van der Waals surface area contributed by atoms with Crippen LogP contribution in [0, 0.1) is 6.92 Å². The lowest BCUT2D eigenvalue weighted by molar-refractivity contribution is 0.0690. The third-order valence-electron chi connectivity index (χ3n) is 2.33. The van der Waals surface area contributed by atoms with Crippen LogP contribution in [0.2, 0.25) is 5.02 Å². The van der Waals surface area contributed by atoms with Gasteiger partial charge in [0.25, 0.3) is 0 Å². The van der Waals surface area contributed by atoms with Gasteiger partial charge in [0, 0.05) is 5.69 Å². The van der Waals surface area contributed by atoms with E-state index in [2.05, 4.69) is 5.10 Å². The first kappa shape index (κ1) is 11.5. The summed E-state index contributed by atoms with van der Waals surface area (Å²) in [5, 5.41) is 13.3. The SMILES string of the molecule is Cc1cc(C(=O)O)nn1-c1ccc(Cl)c(N)c1. The van der Waals surface area contributed by atoms with Gasteiger partial charge in [-0.15, -0.1) is 0 Å². The number of carbonyl (C=O) groups is 1. The molecule has 0 aliphatic rings. The largest absolute Gasteiger partial charge is 0.476 e. The lowest BCUT2D eigenvalue weighted by atomic mass is 10.3. The molecule has 0 saturated carbocycles. The van der Waals surface area contributed by atoms with Gasteiger partial charge in [-0.3, -0.25) is 0 Å². The number of halogens is 1. The van der Waals surface area contributed by atoms with E-state index >= 15 is 0 Å². The zero-order valence-electron chi connectivity index (χ0n) is 9.01. The van der Waals surface area contributed by atoms with Crippen molar-refractivity contribution in [3.05, 3.63) is 40.7 Å². The van der Waals surface area contributed by atoms with E-state index in [1.807, 2.05) is 0 Å². The summed E-state index contributed by atoms with van der Waals surface area (Å²) in [6, 6.07) is 6.51. The molecule has 2 rings (SSSR count). The van der Waals surface area contributed by atoms with Gasteiger partial charge in [0.1, 0.15) is 0 Å². The monoisotopic (exact) mass is 251 g/mol. The van der Waals surface area contributed by atoms with Crippen molar-refractivity contribution < 1.29 is 9.90 Å². The van der Waals surface area contributed by atoms with Crippen LogP contribution < -0.4 is 5.73 Å². The molecule has 0 bridgehead atoms. The molecule has 1 aromatic carbocycles. The van der Waals surface area contributed by atoms with Gasteiger partial charge >= 0.3 is 5.97 Å². The van der Waals surface area contributed by atoms with E-state index in [-0.39, 0.29) is 5.69 Å². The Labute approximate surface area is 102 Å². The first-order valence-electron chi connectivity index (χ1n) is 4.84. The molecule has 3 N–H and O–H groups in total. The normalized spacial score (nSPS) is 10.5. The van der Waals surface area contributed by atoms with Crippen molar-refractivity contribution in [2.24, 2.45) is 0 Å². The first-order valence-corrected chi connectivity index (χ1v) is 5.22. The molecule has 1 heterocycles. The van der Waals surface area contributed by atoms with E-state index < -0.39 is 5.97 Å². The van der Waals surface area contributed by atoms with Gasteiger partial charge in [-0.25, -0.2) is 9.48 Å². The summed E-state index contributed by atoms with van der Waals surface area (Å²) in [5.74, 6) is -1.06. The maximum absolute atomic E-state index is 10.8. The van der Waals surface area contributed by atoms with Gasteiger partial charge in [0.2, 0.25) is 0 Å². The van der Waals surface area contributed by atoms with Crippen LogP contribution in [-0.4, -0.2) is 20.9 Å². The highest BCUT2D eigenvalue weighted by atomic mass is 35.5. The van der Waals surface area contributed by atoms with Crippen molar-refractivity contribution in [2.75, 3.05) is 5.73 Å². The first-order chi connectivity index (χ1) is 7.99. The molecule has 2 aromatic rings. The fraction of sp³-hybridized carbons (Fsp3) is 0.0909. The van der Waals surface area contributed by atoms with E-state index in [1.165, 1.54) is 10.7 Å². The lowest BCUT2D eigenvalue weighted by Crippen LogP contribution is -2.03. The summed E-state index contributed by atoms with van der Waals surface area (Å²) >= 11 is 5.81. The third kappa shape index (κ3) is 2.09. The molecule has 0 aliphatic carbocycles. The lowest BCUT2D eigenvalue weighted by Gasteiger charge is -2.05. The van der Waals surface area contributed by atoms with E-state index in [1.54, 1.807) is 25.1 Å². The van der Waals surface area contributed by atoms with Crippen molar-refractivity contribution in [1.82, 2.24) is 9.78 Å². The van der Waals surface area contributed by atoms with E-state index in [0.29, 0.717) is 22.1 Å². The Kier molecular flexibility index (Phi) is 2.77. The van der Waals surface area contributed by atoms with Crippen LogP contribution in [0.4, 0.5) is 5.69 Å². The number of rotatable bonds is 2. The van der Waals surface area contributed by atoms with Crippen LogP contribution in [0.3, 0.4) is 0 Å². The smallest absolute Gasteiger partial charge is 0.356 e. The van der Waals surface area contributed by atoms with Gasteiger partial charge in [0.15, 0.2) is 5.69 Å². The van der Waals surface area contributed by atoms with Crippen molar-refractivity contribution in [1.29, 1.82) is 0 Å². The van der Waals surface area contributed by atoms with Gasteiger partial charge in [0.05, 0.1) is 16.4 Å². The number of carboxylic acids is 1. The summed E-state index contributed by atoms with van der Waals surface area (Å²) in [4.78, 5) is 10.8. The highest BCUT2D eigenvalue weighted by Gasteiger charge is 2.12. The molecule has 0 aliphatic heterocycles.